The summed E-state index contributed by atoms with van der Waals surface area (Å²) < 4.78 is 25.2. The van der Waals surface area contributed by atoms with Gasteiger partial charge >= 0.3 is 0 Å². The molecule has 3 unspecified atom stereocenters. The van der Waals surface area contributed by atoms with Crippen molar-refractivity contribution < 1.29 is 13.9 Å². The van der Waals surface area contributed by atoms with Crippen molar-refractivity contribution in [3.63, 3.8) is 0 Å². The number of hydrogen-bond acceptors (Lipinski definition) is 4. The molecule has 0 aromatic heterocycles. The van der Waals surface area contributed by atoms with Gasteiger partial charge < -0.3 is 14.8 Å². The van der Waals surface area contributed by atoms with E-state index in [1.165, 1.54) is 12.1 Å². The monoisotopic (exact) mass is 324 g/mol. The highest BCUT2D eigenvalue weighted by Gasteiger charge is 2.41. The predicted octanol–water partition coefficient (Wildman–Crippen LogP) is 3.52. The summed E-state index contributed by atoms with van der Waals surface area (Å²) in [7, 11) is 0. The first-order valence-electron chi connectivity index (χ1n) is 8.01. The second-order valence-electron chi connectivity index (χ2n) is 6.06. The van der Waals surface area contributed by atoms with E-state index >= 15 is 0 Å². The Morgan fingerprint density at radius 3 is 2.71 bits per heavy atom. The minimum atomic E-state index is -0.256. The Bertz CT molecular complexity index is 785. The highest BCUT2D eigenvalue weighted by Crippen LogP contribution is 2.44. The minimum absolute atomic E-state index is 0.106. The fourth-order valence-corrected chi connectivity index (χ4v) is 3.45. The van der Waals surface area contributed by atoms with Crippen LogP contribution < -0.4 is 5.32 Å². The third kappa shape index (κ3) is 2.64. The molecule has 1 N–H and O–H groups in total. The number of anilines is 1. The van der Waals surface area contributed by atoms with Gasteiger partial charge in [0.05, 0.1) is 31.7 Å². The van der Waals surface area contributed by atoms with Gasteiger partial charge in [0.2, 0.25) is 0 Å². The van der Waals surface area contributed by atoms with E-state index < -0.39 is 0 Å². The Balaban J connectivity index is 1.74. The molecule has 2 heterocycles. The summed E-state index contributed by atoms with van der Waals surface area (Å²) in [5, 5.41) is 12.4. The summed E-state index contributed by atoms with van der Waals surface area (Å²) in [6.45, 7) is 1.08. The smallest absolute Gasteiger partial charge is 0.123 e. The van der Waals surface area contributed by atoms with E-state index in [0.717, 1.165) is 22.4 Å². The largest absolute Gasteiger partial charge is 0.375 e. The number of halogens is 1. The average molecular weight is 324 g/mol. The molecular weight excluding hydrogens is 307 g/mol. The van der Waals surface area contributed by atoms with E-state index in [1.54, 1.807) is 12.1 Å². The van der Waals surface area contributed by atoms with Gasteiger partial charge in [0.15, 0.2) is 0 Å². The molecule has 2 aliphatic heterocycles. The van der Waals surface area contributed by atoms with Gasteiger partial charge in [-0.05, 0) is 35.4 Å². The standard InChI is InChI=1S/C19H17FN2O2/c20-14-4-2-13(3-5-14)17-19-18(23-9-10-24-19)15-11-12(7-8-21)1-6-16(15)22-17/h1-6,11,17-19,22H,7,9-10H2. The van der Waals surface area contributed by atoms with Crippen LogP contribution in [0.4, 0.5) is 10.1 Å². The van der Waals surface area contributed by atoms with Gasteiger partial charge in [0, 0.05) is 11.3 Å². The lowest BCUT2D eigenvalue weighted by molar-refractivity contribution is -0.151. The van der Waals surface area contributed by atoms with Gasteiger partial charge in [-0.1, -0.05) is 18.2 Å². The highest BCUT2D eigenvalue weighted by atomic mass is 19.1. The van der Waals surface area contributed by atoms with E-state index in [1.807, 2.05) is 18.2 Å². The molecule has 0 bridgehead atoms. The average Bonchev–Trinajstić information content (AvgIpc) is 2.62. The summed E-state index contributed by atoms with van der Waals surface area (Å²) in [6.07, 6.45) is -0.00912. The SMILES string of the molecule is N#CCc1ccc2c(c1)C1OCCOC1C(c1ccc(F)cc1)N2. The lowest BCUT2D eigenvalue weighted by Gasteiger charge is -2.43. The molecule has 0 radical (unpaired) electrons. The van der Waals surface area contributed by atoms with E-state index in [9.17, 15) is 4.39 Å². The maximum Gasteiger partial charge on any atom is 0.123 e. The van der Waals surface area contributed by atoms with Crippen LogP contribution in [0.2, 0.25) is 0 Å². The molecule has 4 rings (SSSR count). The minimum Gasteiger partial charge on any atom is -0.375 e. The van der Waals surface area contributed by atoms with Crippen LogP contribution >= 0.6 is 0 Å². The summed E-state index contributed by atoms with van der Waals surface area (Å²) >= 11 is 0. The number of fused-ring (bicyclic) bond motifs is 3. The van der Waals surface area contributed by atoms with Gasteiger partial charge in [-0.2, -0.15) is 5.26 Å². The van der Waals surface area contributed by atoms with Crippen molar-refractivity contribution in [3.8, 4) is 6.07 Å². The Morgan fingerprint density at radius 1 is 1.12 bits per heavy atom. The van der Waals surface area contributed by atoms with Crippen LogP contribution in [0.15, 0.2) is 42.5 Å². The number of nitrogens with zero attached hydrogens (tertiary/aromatic N) is 1. The molecule has 0 aliphatic carbocycles. The molecule has 122 valence electrons. The number of hydrogen-bond donors (Lipinski definition) is 1. The van der Waals surface area contributed by atoms with Crippen LogP contribution in [-0.4, -0.2) is 19.3 Å². The fraction of sp³-hybridized carbons (Fsp3) is 0.316. The molecule has 2 aliphatic rings. The Morgan fingerprint density at radius 2 is 1.92 bits per heavy atom. The zero-order valence-electron chi connectivity index (χ0n) is 13.0. The highest BCUT2D eigenvalue weighted by molar-refractivity contribution is 5.59. The zero-order valence-corrected chi connectivity index (χ0v) is 13.0. The van der Waals surface area contributed by atoms with Crippen molar-refractivity contribution in [1.82, 2.24) is 0 Å². The van der Waals surface area contributed by atoms with E-state index in [-0.39, 0.29) is 24.1 Å². The van der Waals surface area contributed by atoms with Crippen molar-refractivity contribution in [1.29, 1.82) is 5.26 Å². The molecule has 0 saturated carbocycles. The third-order valence-corrected chi connectivity index (χ3v) is 4.56. The molecule has 0 spiro atoms. The molecule has 5 heteroatoms. The van der Waals surface area contributed by atoms with Gasteiger partial charge in [-0.3, -0.25) is 0 Å². The Labute approximate surface area is 139 Å². The molecule has 2 aromatic carbocycles. The topological polar surface area (TPSA) is 54.3 Å². The molecule has 2 aromatic rings. The lowest BCUT2D eigenvalue weighted by Crippen LogP contribution is -2.43. The number of ether oxygens (including phenoxy) is 2. The van der Waals surface area contributed by atoms with E-state index in [0.29, 0.717) is 19.6 Å². The Kier molecular flexibility index (Phi) is 3.93. The number of nitrogens with one attached hydrogen (secondary N) is 1. The van der Waals surface area contributed by atoms with Crippen molar-refractivity contribution in [2.75, 3.05) is 18.5 Å². The van der Waals surface area contributed by atoms with Crippen LogP contribution in [0, 0.1) is 17.1 Å². The molecular formula is C19H17FN2O2. The molecule has 24 heavy (non-hydrogen) atoms. The van der Waals surface area contributed by atoms with Crippen molar-refractivity contribution >= 4 is 5.69 Å². The van der Waals surface area contributed by atoms with Crippen LogP contribution in [-0.2, 0) is 15.9 Å². The predicted molar refractivity (Wildman–Crippen MR) is 87.0 cm³/mol. The first-order valence-corrected chi connectivity index (χ1v) is 8.01. The van der Waals surface area contributed by atoms with Gasteiger partial charge in [0.25, 0.3) is 0 Å². The number of nitriles is 1. The second kappa shape index (κ2) is 6.23. The quantitative estimate of drug-likeness (QED) is 0.918. The van der Waals surface area contributed by atoms with Crippen LogP contribution in [0.1, 0.15) is 28.8 Å². The molecule has 3 atom stereocenters. The van der Waals surface area contributed by atoms with Crippen molar-refractivity contribution in [2.24, 2.45) is 0 Å². The normalized spacial score (nSPS) is 25.1. The number of rotatable bonds is 2. The molecule has 4 nitrogen and oxygen atoms in total. The number of benzene rings is 2. The van der Waals surface area contributed by atoms with Crippen molar-refractivity contribution in [3.05, 3.63) is 65.0 Å². The van der Waals surface area contributed by atoms with E-state index in [2.05, 4.69) is 11.4 Å². The van der Waals surface area contributed by atoms with Crippen LogP contribution in [0.3, 0.4) is 0 Å². The van der Waals surface area contributed by atoms with Gasteiger partial charge in [-0.15, -0.1) is 0 Å². The lowest BCUT2D eigenvalue weighted by atomic mass is 9.86. The summed E-state index contributed by atoms with van der Waals surface area (Å²) in [4.78, 5) is 0. The summed E-state index contributed by atoms with van der Waals surface area (Å²) in [5.74, 6) is -0.256. The van der Waals surface area contributed by atoms with Crippen LogP contribution in [0.25, 0.3) is 0 Å². The second-order valence-corrected chi connectivity index (χ2v) is 6.06. The van der Waals surface area contributed by atoms with Crippen molar-refractivity contribution in [2.45, 2.75) is 24.7 Å². The molecule has 1 fully saturated rings. The maximum absolute atomic E-state index is 13.2. The third-order valence-electron chi connectivity index (χ3n) is 4.56. The first kappa shape index (κ1) is 15.1. The zero-order chi connectivity index (χ0) is 16.5. The molecule has 1 saturated heterocycles. The van der Waals surface area contributed by atoms with Crippen LogP contribution in [0.5, 0.6) is 0 Å². The summed E-state index contributed by atoms with van der Waals surface area (Å²) in [6, 6.07) is 14.5. The fourth-order valence-electron chi connectivity index (χ4n) is 3.45. The van der Waals surface area contributed by atoms with E-state index in [4.69, 9.17) is 14.7 Å². The Hall–Kier alpha value is -2.42. The maximum atomic E-state index is 13.2. The first-order chi connectivity index (χ1) is 11.8. The summed E-state index contributed by atoms with van der Waals surface area (Å²) in [5.41, 5.74) is 3.92. The van der Waals surface area contributed by atoms with Gasteiger partial charge in [0.1, 0.15) is 18.0 Å². The van der Waals surface area contributed by atoms with Gasteiger partial charge in [-0.25, -0.2) is 4.39 Å². The molecule has 0 amide bonds.